The highest BCUT2D eigenvalue weighted by Gasteiger charge is 2.16. The first-order chi connectivity index (χ1) is 8.06. The molecule has 1 aromatic carbocycles. The van der Waals surface area contributed by atoms with Crippen molar-refractivity contribution in [1.82, 2.24) is 9.88 Å². The van der Waals surface area contributed by atoms with Crippen LogP contribution in [0.1, 0.15) is 44.1 Å². The van der Waals surface area contributed by atoms with E-state index >= 15 is 0 Å². The summed E-state index contributed by atoms with van der Waals surface area (Å²) in [7, 11) is 2.01. The number of benzene rings is 1. The van der Waals surface area contributed by atoms with Crippen molar-refractivity contribution < 1.29 is 0 Å². The Bertz CT molecular complexity index is 523. The molecule has 2 heteroatoms. The van der Waals surface area contributed by atoms with Crippen molar-refractivity contribution in [2.24, 2.45) is 0 Å². The molecule has 2 rings (SSSR count). The van der Waals surface area contributed by atoms with Crippen LogP contribution in [0.4, 0.5) is 0 Å². The minimum Gasteiger partial charge on any atom is -0.340 e. The summed E-state index contributed by atoms with van der Waals surface area (Å²) in [4.78, 5) is 0. The van der Waals surface area contributed by atoms with Crippen molar-refractivity contribution >= 4 is 10.9 Å². The number of rotatable bonds is 3. The van der Waals surface area contributed by atoms with Crippen LogP contribution in [0.2, 0.25) is 0 Å². The first kappa shape index (κ1) is 12.2. The second-order valence-electron chi connectivity index (χ2n) is 5.06. The van der Waals surface area contributed by atoms with Gasteiger partial charge in [-0.15, -0.1) is 0 Å². The fourth-order valence-corrected chi connectivity index (χ4v) is 2.52. The molecule has 0 fully saturated rings. The minimum absolute atomic E-state index is 0.379. The van der Waals surface area contributed by atoms with Gasteiger partial charge >= 0.3 is 0 Å². The average Bonchev–Trinajstić information content (AvgIpc) is 2.68. The molecule has 0 aliphatic rings. The minimum atomic E-state index is 0.379. The standard InChI is InChI=1S/C15H22N2/c1-10(2)17-14(12(4)16-5)9-13-8-6-7-11(3)15(13)17/h6-10,12,16H,1-5H3. The lowest BCUT2D eigenvalue weighted by atomic mass is 10.1. The van der Waals surface area contributed by atoms with Crippen LogP contribution in [0, 0.1) is 6.92 Å². The topological polar surface area (TPSA) is 17.0 Å². The summed E-state index contributed by atoms with van der Waals surface area (Å²) in [5.41, 5.74) is 4.09. The highest BCUT2D eigenvalue weighted by Crippen LogP contribution is 2.29. The molecule has 92 valence electrons. The maximum absolute atomic E-state index is 3.34. The predicted octanol–water partition coefficient (Wildman–Crippen LogP) is 3.81. The van der Waals surface area contributed by atoms with Gasteiger partial charge in [0.1, 0.15) is 0 Å². The molecule has 0 radical (unpaired) electrons. The molecule has 2 aromatic rings. The van der Waals surface area contributed by atoms with E-state index in [1.165, 1.54) is 22.2 Å². The van der Waals surface area contributed by atoms with Crippen LogP contribution in [-0.2, 0) is 0 Å². The van der Waals surface area contributed by atoms with E-state index in [0.717, 1.165) is 0 Å². The quantitative estimate of drug-likeness (QED) is 0.848. The highest BCUT2D eigenvalue weighted by molar-refractivity contribution is 5.84. The molecule has 17 heavy (non-hydrogen) atoms. The van der Waals surface area contributed by atoms with E-state index in [4.69, 9.17) is 0 Å². The van der Waals surface area contributed by atoms with Gasteiger partial charge in [-0.1, -0.05) is 18.2 Å². The number of nitrogens with one attached hydrogen (secondary N) is 1. The van der Waals surface area contributed by atoms with Gasteiger partial charge in [-0.25, -0.2) is 0 Å². The number of aromatic nitrogens is 1. The van der Waals surface area contributed by atoms with E-state index in [9.17, 15) is 0 Å². The molecule has 0 saturated carbocycles. The molecule has 0 aliphatic heterocycles. The zero-order valence-corrected chi connectivity index (χ0v) is 11.4. The first-order valence-electron chi connectivity index (χ1n) is 6.34. The Morgan fingerprint density at radius 2 is 1.88 bits per heavy atom. The molecule has 1 aromatic heterocycles. The van der Waals surface area contributed by atoms with Gasteiger partial charge in [0, 0.05) is 23.2 Å². The van der Waals surface area contributed by atoms with Crippen molar-refractivity contribution in [3.63, 3.8) is 0 Å². The van der Waals surface area contributed by atoms with Crippen LogP contribution in [-0.4, -0.2) is 11.6 Å². The molecule has 0 bridgehead atoms. The second kappa shape index (κ2) is 4.53. The van der Waals surface area contributed by atoms with Crippen LogP contribution in [0.3, 0.4) is 0 Å². The van der Waals surface area contributed by atoms with E-state index in [2.05, 4.69) is 61.8 Å². The predicted molar refractivity (Wildman–Crippen MR) is 74.5 cm³/mol. The summed E-state index contributed by atoms with van der Waals surface area (Å²) in [5, 5.41) is 4.68. The van der Waals surface area contributed by atoms with Gasteiger partial charge in [0.2, 0.25) is 0 Å². The molecular formula is C15H22N2. The average molecular weight is 230 g/mol. The number of hydrogen-bond acceptors (Lipinski definition) is 1. The number of para-hydroxylation sites is 1. The van der Waals surface area contributed by atoms with E-state index in [1.54, 1.807) is 0 Å². The maximum Gasteiger partial charge on any atom is 0.0515 e. The van der Waals surface area contributed by atoms with Crippen LogP contribution in [0.25, 0.3) is 10.9 Å². The second-order valence-corrected chi connectivity index (χ2v) is 5.06. The summed E-state index contributed by atoms with van der Waals surface area (Å²) < 4.78 is 2.45. The van der Waals surface area contributed by atoms with Crippen LogP contribution < -0.4 is 5.32 Å². The third-order valence-electron chi connectivity index (χ3n) is 3.48. The molecule has 2 nitrogen and oxygen atoms in total. The van der Waals surface area contributed by atoms with Gasteiger partial charge in [-0.3, -0.25) is 0 Å². The Morgan fingerprint density at radius 3 is 2.47 bits per heavy atom. The normalized spacial score (nSPS) is 13.5. The van der Waals surface area contributed by atoms with Gasteiger partial charge in [-0.05, 0) is 46.4 Å². The summed E-state index contributed by atoms with van der Waals surface area (Å²) in [6, 6.07) is 9.70. The van der Waals surface area contributed by atoms with Gasteiger partial charge in [-0.2, -0.15) is 0 Å². The lowest BCUT2D eigenvalue weighted by Crippen LogP contribution is -2.17. The van der Waals surface area contributed by atoms with E-state index in [-0.39, 0.29) is 0 Å². The molecule has 1 unspecified atom stereocenters. The van der Waals surface area contributed by atoms with E-state index < -0.39 is 0 Å². The molecule has 0 amide bonds. The van der Waals surface area contributed by atoms with Crippen LogP contribution in [0.15, 0.2) is 24.3 Å². The lowest BCUT2D eigenvalue weighted by molar-refractivity contribution is 0.535. The van der Waals surface area contributed by atoms with Crippen LogP contribution in [0.5, 0.6) is 0 Å². The number of aryl methyl sites for hydroxylation is 1. The van der Waals surface area contributed by atoms with Gasteiger partial charge < -0.3 is 9.88 Å². The summed E-state index contributed by atoms with van der Waals surface area (Å²) in [6.07, 6.45) is 0. The number of nitrogens with zero attached hydrogens (tertiary/aromatic N) is 1. The molecular weight excluding hydrogens is 208 g/mol. The van der Waals surface area contributed by atoms with Crippen molar-refractivity contribution in [3.05, 3.63) is 35.5 Å². The number of fused-ring (bicyclic) bond motifs is 1. The van der Waals surface area contributed by atoms with Crippen molar-refractivity contribution in [2.45, 2.75) is 39.8 Å². The molecule has 1 atom stereocenters. The zero-order chi connectivity index (χ0) is 12.6. The van der Waals surface area contributed by atoms with Crippen molar-refractivity contribution in [1.29, 1.82) is 0 Å². The Hall–Kier alpha value is -1.28. The largest absolute Gasteiger partial charge is 0.340 e. The van der Waals surface area contributed by atoms with Crippen molar-refractivity contribution in [2.75, 3.05) is 7.05 Å². The summed E-state index contributed by atoms with van der Waals surface area (Å²) >= 11 is 0. The highest BCUT2D eigenvalue weighted by atomic mass is 15.0. The van der Waals surface area contributed by atoms with Crippen LogP contribution >= 0.6 is 0 Å². The molecule has 0 aliphatic carbocycles. The Morgan fingerprint density at radius 1 is 1.18 bits per heavy atom. The summed E-state index contributed by atoms with van der Waals surface area (Å²) in [6.45, 7) is 8.90. The fraction of sp³-hybridized carbons (Fsp3) is 0.467. The van der Waals surface area contributed by atoms with Gasteiger partial charge in [0.15, 0.2) is 0 Å². The van der Waals surface area contributed by atoms with E-state index in [1.807, 2.05) is 7.05 Å². The van der Waals surface area contributed by atoms with Gasteiger partial charge in [0.05, 0.1) is 5.52 Å². The molecule has 1 N–H and O–H groups in total. The first-order valence-corrected chi connectivity index (χ1v) is 6.34. The SMILES string of the molecule is CNC(C)c1cc2cccc(C)c2n1C(C)C. The van der Waals surface area contributed by atoms with Crippen molar-refractivity contribution in [3.8, 4) is 0 Å². The molecule has 1 heterocycles. The summed E-state index contributed by atoms with van der Waals surface area (Å²) in [5.74, 6) is 0. The van der Waals surface area contributed by atoms with Gasteiger partial charge in [0.25, 0.3) is 0 Å². The third-order valence-corrected chi connectivity index (χ3v) is 3.48. The molecule has 0 saturated heterocycles. The number of hydrogen-bond donors (Lipinski definition) is 1. The Balaban J connectivity index is 2.76. The monoisotopic (exact) mass is 230 g/mol. The third kappa shape index (κ3) is 1.98. The Kier molecular flexibility index (Phi) is 3.25. The smallest absolute Gasteiger partial charge is 0.0515 e. The molecule has 0 spiro atoms. The Labute approximate surface area is 104 Å². The van der Waals surface area contributed by atoms with E-state index in [0.29, 0.717) is 12.1 Å². The lowest BCUT2D eigenvalue weighted by Gasteiger charge is -2.19. The zero-order valence-electron chi connectivity index (χ0n) is 11.4. The maximum atomic E-state index is 3.34. The fourth-order valence-electron chi connectivity index (χ4n) is 2.52.